The molecule has 0 heterocycles. The van der Waals surface area contributed by atoms with Gasteiger partial charge in [-0.1, -0.05) is 48.6 Å². The number of aliphatic hydroxyl groups is 1. The van der Waals surface area contributed by atoms with E-state index in [-0.39, 0.29) is 30.1 Å². The number of para-hydroxylation sites is 1. The van der Waals surface area contributed by atoms with E-state index in [9.17, 15) is 14.7 Å². The summed E-state index contributed by atoms with van der Waals surface area (Å²) in [5.41, 5.74) is 0. The standard InChI is InChI=1S/C26H33NO4/c28-22(19-31-23-8-4-3-5-9-23)16-14-21-15-17-25(29)24(21)10-6-1-2-7-11-26(30)27-18-20-12-13-20/h1,3-6,8-9,14-17,20-22,24,28H,2,7,10-13,18-19H2,(H,27,30)/t21-,22+,24+/m0/s1. The quantitative estimate of drug-likeness (QED) is 0.371. The molecule has 1 saturated carbocycles. The Bertz CT molecular complexity index is 795. The molecule has 3 rings (SSSR count). The van der Waals surface area contributed by atoms with E-state index in [1.54, 1.807) is 12.2 Å². The Morgan fingerprint density at radius 1 is 1.23 bits per heavy atom. The van der Waals surface area contributed by atoms with Crippen molar-refractivity contribution < 1.29 is 19.4 Å². The Kier molecular flexibility index (Phi) is 9.10. The van der Waals surface area contributed by atoms with Gasteiger partial charge in [0.05, 0.1) is 0 Å². The summed E-state index contributed by atoms with van der Waals surface area (Å²) < 4.78 is 5.55. The Hall–Kier alpha value is -2.66. The van der Waals surface area contributed by atoms with Crippen LogP contribution in [-0.2, 0) is 9.59 Å². The van der Waals surface area contributed by atoms with Gasteiger partial charge in [0.1, 0.15) is 18.5 Å². The average Bonchev–Trinajstić information content (AvgIpc) is 3.55. The first kappa shape index (κ1) is 23.0. The number of hydrogen-bond acceptors (Lipinski definition) is 4. The monoisotopic (exact) mass is 423 g/mol. The lowest BCUT2D eigenvalue weighted by Gasteiger charge is -2.14. The summed E-state index contributed by atoms with van der Waals surface area (Å²) in [7, 11) is 0. The summed E-state index contributed by atoms with van der Waals surface area (Å²) in [4.78, 5) is 23.9. The number of aliphatic hydroxyl groups excluding tert-OH is 1. The molecule has 0 aliphatic heterocycles. The maximum absolute atomic E-state index is 12.2. The Labute approximate surface area is 184 Å². The second-order valence-electron chi connectivity index (χ2n) is 8.37. The van der Waals surface area contributed by atoms with Crippen LogP contribution >= 0.6 is 0 Å². The highest BCUT2D eigenvalue weighted by molar-refractivity contribution is 5.95. The highest BCUT2D eigenvalue weighted by Crippen LogP contribution is 2.28. The van der Waals surface area contributed by atoms with Gasteiger partial charge in [0.15, 0.2) is 5.78 Å². The topological polar surface area (TPSA) is 75.6 Å². The molecular formula is C26H33NO4. The third-order valence-corrected chi connectivity index (χ3v) is 5.65. The Morgan fingerprint density at radius 3 is 2.81 bits per heavy atom. The second kappa shape index (κ2) is 12.3. The molecule has 5 nitrogen and oxygen atoms in total. The van der Waals surface area contributed by atoms with Crippen LogP contribution in [0.1, 0.15) is 38.5 Å². The van der Waals surface area contributed by atoms with Crippen molar-refractivity contribution in [3.8, 4) is 5.75 Å². The molecule has 5 heteroatoms. The second-order valence-corrected chi connectivity index (χ2v) is 8.37. The van der Waals surface area contributed by atoms with Crippen molar-refractivity contribution in [3.63, 3.8) is 0 Å². The number of carbonyl (C=O) groups is 2. The van der Waals surface area contributed by atoms with Gasteiger partial charge >= 0.3 is 0 Å². The lowest BCUT2D eigenvalue weighted by Crippen LogP contribution is -2.24. The number of hydrogen-bond donors (Lipinski definition) is 2. The molecule has 2 aliphatic carbocycles. The minimum absolute atomic E-state index is 0.0169. The number of rotatable bonds is 13. The first-order valence-corrected chi connectivity index (χ1v) is 11.3. The van der Waals surface area contributed by atoms with E-state index in [0.29, 0.717) is 24.5 Å². The van der Waals surface area contributed by atoms with E-state index in [4.69, 9.17) is 4.74 Å². The van der Waals surface area contributed by atoms with Crippen LogP contribution in [0.4, 0.5) is 0 Å². The lowest BCUT2D eigenvalue weighted by atomic mass is 9.90. The van der Waals surface area contributed by atoms with Crippen molar-refractivity contribution in [1.82, 2.24) is 5.32 Å². The number of amides is 1. The zero-order chi connectivity index (χ0) is 21.9. The summed E-state index contributed by atoms with van der Waals surface area (Å²) in [6.07, 6.45) is 15.8. The largest absolute Gasteiger partial charge is 0.491 e. The van der Waals surface area contributed by atoms with Crippen molar-refractivity contribution in [2.45, 2.75) is 44.6 Å². The van der Waals surface area contributed by atoms with Crippen LogP contribution in [0, 0.1) is 17.8 Å². The lowest BCUT2D eigenvalue weighted by molar-refractivity contribution is -0.121. The SMILES string of the molecule is O=C(CCCC=CC[C@H]1C(=O)C=C[C@@H]1C=C[C@@H](O)COc1ccccc1)NCC1CC1. The van der Waals surface area contributed by atoms with Crippen LogP contribution in [0.2, 0.25) is 0 Å². The van der Waals surface area contributed by atoms with E-state index in [1.807, 2.05) is 48.6 Å². The molecule has 0 unspecified atom stereocenters. The summed E-state index contributed by atoms with van der Waals surface area (Å²) >= 11 is 0. The third-order valence-electron chi connectivity index (χ3n) is 5.65. The minimum atomic E-state index is -0.730. The van der Waals surface area contributed by atoms with Gasteiger partial charge in [-0.3, -0.25) is 9.59 Å². The van der Waals surface area contributed by atoms with Gasteiger partial charge in [-0.05, 0) is 56.2 Å². The first-order chi connectivity index (χ1) is 15.1. The summed E-state index contributed by atoms with van der Waals surface area (Å²) in [6.45, 7) is 0.997. The number of carbonyl (C=O) groups excluding carboxylic acids is 2. The van der Waals surface area contributed by atoms with Gasteiger partial charge in [0.2, 0.25) is 5.91 Å². The summed E-state index contributed by atoms with van der Waals surface area (Å²) in [5, 5.41) is 13.1. The number of ketones is 1. The molecule has 31 heavy (non-hydrogen) atoms. The van der Waals surface area contributed by atoms with Crippen LogP contribution in [0.3, 0.4) is 0 Å². The molecule has 166 valence electrons. The number of ether oxygens (including phenoxy) is 1. The fourth-order valence-corrected chi connectivity index (χ4v) is 3.55. The predicted molar refractivity (Wildman–Crippen MR) is 122 cm³/mol. The summed E-state index contributed by atoms with van der Waals surface area (Å²) in [5.74, 6) is 1.53. The molecule has 0 saturated heterocycles. The van der Waals surface area contributed by atoms with E-state index < -0.39 is 6.10 Å². The zero-order valence-corrected chi connectivity index (χ0v) is 18.0. The number of unbranched alkanes of at least 4 members (excludes halogenated alkanes) is 1. The molecule has 1 aromatic carbocycles. The minimum Gasteiger partial charge on any atom is -0.491 e. The highest BCUT2D eigenvalue weighted by Gasteiger charge is 2.27. The molecule has 3 atom stereocenters. The van der Waals surface area contributed by atoms with Crippen molar-refractivity contribution in [1.29, 1.82) is 0 Å². The van der Waals surface area contributed by atoms with Gasteiger partial charge in [0, 0.05) is 24.8 Å². The predicted octanol–water partition coefficient (Wildman–Crippen LogP) is 4.00. The Balaban J connectivity index is 1.33. The number of nitrogens with one attached hydrogen (secondary N) is 1. The third kappa shape index (κ3) is 8.54. The van der Waals surface area contributed by atoms with Crippen LogP contribution in [-0.4, -0.2) is 36.1 Å². The zero-order valence-electron chi connectivity index (χ0n) is 18.0. The van der Waals surface area contributed by atoms with E-state index in [0.717, 1.165) is 19.4 Å². The van der Waals surface area contributed by atoms with Crippen molar-refractivity contribution in [2.75, 3.05) is 13.2 Å². The van der Waals surface area contributed by atoms with Crippen molar-refractivity contribution in [3.05, 3.63) is 66.8 Å². The molecule has 1 fully saturated rings. The fraction of sp³-hybridized carbons (Fsp3) is 0.462. The maximum atomic E-state index is 12.2. The average molecular weight is 424 g/mol. The van der Waals surface area contributed by atoms with E-state index in [1.165, 1.54) is 12.8 Å². The normalized spacial score (nSPS) is 21.8. The van der Waals surface area contributed by atoms with Gasteiger partial charge in [0.25, 0.3) is 0 Å². The maximum Gasteiger partial charge on any atom is 0.220 e. The van der Waals surface area contributed by atoms with Crippen LogP contribution < -0.4 is 10.1 Å². The Morgan fingerprint density at radius 2 is 2.03 bits per heavy atom. The number of allylic oxidation sites excluding steroid dienone is 5. The smallest absolute Gasteiger partial charge is 0.220 e. The molecule has 0 bridgehead atoms. The van der Waals surface area contributed by atoms with Crippen LogP contribution in [0.5, 0.6) is 5.75 Å². The highest BCUT2D eigenvalue weighted by atomic mass is 16.5. The van der Waals surface area contributed by atoms with Gasteiger partial charge in [-0.15, -0.1) is 0 Å². The first-order valence-electron chi connectivity index (χ1n) is 11.3. The van der Waals surface area contributed by atoms with Gasteiger partial charge < -0.3 is 15.2 Å². The molecule has 0 radical (unpaired) electrons. The number of benzene rings is 1. The van der Waals surface area contributed by atoms with Gasteiger partial charge in [-0.25, -0.2) is 0 Å². The molecule has 1 aromatic rings. The molecule has 0 aromatic heterocycles. The van der Waals surface area contributed by atoms with Crippen LogP contribution in [0.15, 0.2) is 66.8 Å². The van der Waals surface area contributed by atoms with Crippen LogP contribution in [0.25, 0.3) is 0 Å². The summed E-state index contributed by atoms with van der Waals surface area (Å²) in [6, 6.07) is 9.37. The molecule has 2 aliphatic rings. The van der Waals surface area contributed by atoms with Crippen molar-refractivity contribution >= 4 is 11.7 Å². The van der Waals surface area contributed by atoms with E-state index >= 15 is 0 Å². The molecule has 2 N–H and O–H groups in total. The van der Waals surface area contributed by atoms with Gasteiger partial charge in [-0.2, -0.15) is 0 Å². The van der Waals surface area contributed by atoms with E-state index in [2.05, 4.69) is 11.4 Å². The van der Waals surface area contributed by atoms with Crippen molar-refractivity contribution in [2.24, 2.45) is 17.8 Å². The molecular weight excluding hydrogens is 390 g/mol. The fourth-order valence-electron chi connectivity index (χ4n) is 3.55. The molecule has 1 amide bonds. The molecule has 0 spiro atoms.